The standard InChI is InChI=1S/C34H31ClN4O7/c1-19(40)26-15-10-23(35)17-27(26)28-18-30(41)39(38-33(28)46-2)29(32(43)37-25-13-8-22(9-14-25)34(44)45)16-20-6-11-24(12-7-20)36-31(42)21-4-3-5-21/h6-15,17-18,21,29H,3-5,16H2,1-2H3,(H,36,42)(H,37,43)(H,44,45). The van der Waals surface area contributed by atoms with Crippen LogP contribution in [0.4, 0.5) is 11.4 Å². The fourth-order valence-corrected chi connectivity index (χ4v) is 5.31. The van der Waals surface area contributed by atoms with Crippen LogP contribution in [0.25, 0.3) is 11.1 Å². The Morgan fingerprint density at radius 2 is 1.61 bits per heavy atom. The van der Waals surface area contributed by atoms with E-state index in [-0.39, 0.29) is 41.0 Å². The molecule has 12 heteroatoms. The minimum Gasteiger partial charge on any atom is -0.480 e. The monoisotopic (exact) mass is 642 g/mol. The largest absolute Gasteiger partial charge is 0.480 e. The van der Waals surface area contributed by atoms with Crippen molar-refractivity contribution in [1.29, 1.82) is 0 Å². The van der Waals surface area contributed by atoms with Gasteiger partial charge in [-0.3, -0.25) is 19.2 Å². The van der Waals surface area contributed by atoms with E-state index >= 15 is 0 Å². The van der Waals surface area contributed by atoms with E-state index in [0.717, 1.165) is 23.9 Å². The van der Waals surface area contributed by atoms with E-state index in [1.807, 2.05) is 0 Å². The van der Waals surface area contributed by atoms with Gasteiger partial charge in [-0.2, -0.15) is 0 Å². The number of ether oxygens (including phenoxy) is 1. The Morgan fingerprint density at radius 3 is 2.20 bits per heavy atom. The molecule has 1 heterocycles. The molecule has 4 aromatic rings. The van der Waals surface area contributed by atoms with Gasteiger partial charge >= 0.3 is 5.97 Å². The zero-order valence-electron chi connectivity index (χ0n) is 25.1. The highest BCUT2D eigenvalue weighted by Crippen LogP contribution is 2.33. The predicted molar refractivity (Wildman–Crippen MR) is 173 cm³/mol. The summed E-state index contributed by atoms with van der Waals surface area (Å²) in [5.74, 6) is -1.98. The van der Waals surface area contributed by atoms with Crippen LogP contribution < -0.4 is 20.9 Å². The highest BCUT2D eigenvalue weighted by Gasteiger charge is 2.28. The van der Waals surface area contributed by atoms with Gasteiger partial charge in [0, 0.05) is 40.4 Å². The number of methoxy groups -OCH3 is 1. The number of hydrogen-bond acceptors (Lipinski definition) is 7. The van der Waals surface area contributed by atoms with Crippen LogP contribution in [0.5, 0.6) is 5.88 Å². The summed E-state index contributed by atoms with van der Waals surface area (Å²) in [5.41, 5.74) is 1.90. The van der Waals surface area contributed by atoms with Gasteiger partial charge in [0.15, 0.2) is 5.78 Å². The van der Waals surface area contributed by atoms with Crippen molar-refractivity contribution >= 4 is 46.5 Å². The first-order valence-corrected chi connectivity index (χ1v) is 14.9. The second-order valence-electron chi connectivity index (χ2n) is 11.0. The van der Waals surface area contributed by atoms with E-state index in [1.54, 1.807) is 36.4 Å². The summed E-state index contributed by atoms with van der Waals surface area (Å²) in [4.78, 5) is 63.5. The minimum absolute atomic E-state index is 0.0120. The van der Waals surface area contributed by atoms with Crippen molar-refractivity contribution in [1.82, 2.24) is 9.78 Å². The lowest BCUT2D eigenvalue weighted by atomic mass is 9.85. The van der Waals surface area contributed by atoms with Crippen LogP contribution in [-0.4, -0.2) is 45.6 Å². The number of carboxylic acids is 1. The number of halogens is 1. The summed E-state index contributed by atoms with van der Waals surface area (Å²) in [6, 6.07) is 17.3. The fraction of sp³-hybridized carbons (Fsp3) is 0.235. The van der Waals surface area contributed by atoms with Crippen molar-refractivity contribution in [2.24, 2.45) is 5.92 Å². The quantitative estimate of drug-likeness (QED) is 0.178. The Kier molecular flexibility index (Phi) is 9.62. The number of nitrogens with zero attached hydrogens (tertiary/aromatic N) is 2. The molecule has 1 aliphatic carbocycles. The van der Waals surface area contributed by atoms with Gasteiger partial charge < -0.3 is 20.5 Å². The Labute approximate surface area is 269 Å². The lowest BCUT2D eigenvalue weighted by Crippen LogP contribution is -2.36. The minimum atomic E-state index is -1.18. The van der Waals surface area contributed by atoms with Crippen molar-refractivity contribution in [3.8, 4) is 17.0 Å². The van der Waals surface area contributed by atoms with E-state index in [2.05, 4.69) is 15.7 Å². The maximum atomic E-state index is 13.8. The van der Waals surface area contributed by atoms with Crippen LogP contribution in [0.2, 0.25) is 5.02 Å². The number of nitrogens with one attached hydrogen (secondary N) is 2. The third kappa shape index (κ3) is 7.16. The number of rotatable bonds is 11. The third-order valence-electron chi connectivity index (χ3n) is 7.89. The average molecular weight is 643 g/mol. The zero-order valence-corrected chi connectivity index (χ0v) is 25.8. The van der Waals surface area contributed by atoms with Crippen molar-refractivity contribution in [3.63, 3.8) is 0 Å². The van der Waals surface area contributed by atoms with Crippen molar-refractivity contribution < 1.29 is 29.0 Å². The second kappa shape index (κ2) is 13.8. The Hall–Kier alpha value is -5.29. The highest BCUT2D eigenvalue weighted by molar-refractivity contribution is 6.31. The summed E-state index contributed by atoms with van der Waals surface area (Å²) in [6.07, 6.45) is 2.82. The van der Waals surface area contributed by atoms with Crippen LogP contribution in [-0.2, 0) is 16.0 Å². The molecular weight excluding hydrogens is 612 g/mol. The van der Waals surface area contributed by atoms with Crippen LogP contribution in [0.1, 0.15) is 58.5 Å². The topological polar surface area (TPSA) is 157 Å². The Bertz CT molecular complexity index is 1870. The number of carboxylic acid groups (broad SMARTS) is 1. The van der Waals surface area contributed by atoms with Gasteiger partial charge in [0.05, 0.1) is 18.2 Å². The van der Waals surface area contributed by atoms with Crippen LogP contribution in [0.15, 0.2) is 77.6 Å². The third-order valence-corrected chi connectivity index (χ3v) is 8.13. The van der Waals surface area contributed by atoms with Gasteiger partial charge in [0.2, 0.25) is 17.7 Å². The first-order chi connectivity index (χ1) is 22.0. The molecule has 1 fully saturated rings. The molecule has 236 valence electrons. The molecule has 0 aliphatic heterocycles. The first kappa shape index (κ1) is 32.1. The first-order valence-electron chi connectivity index (χ1n) is 14.6. The van der Waals surface area contributed by atoms with Gasteiger partial charge in [0.25, 0.3) is 5.56 Å². The molecule has 0 radical (unpaired) electrons. The Balaban J connectivity index is 1.51. The van der Waals surface area contributed by atoms with Gasteiger partial charge in [-0.25, -0.2) is 9.48 Å². The number of benzene rings is 3. The normalized spacial score (nSPS) is 13.3. The van der Waals surface area contributed by atoms with Gasteiger partial charge in [0.1, 0.15) is 6.04 Å². The number of aromatic nitrogens is 2. The van der Waals surface area contributed by atoms with E-state index in [1.165, 1.54) is 50.4 Å². The highest BCUT2D eigenvalue weighted by atomic mass is 35.5. The maximum absolute atomic E-state index is 13.8. The van der Waals surface area contributed by atoms with Gasteiger partial charge in [-0.05, 0) is 85.5 Å². The SMILES string of the molecule is COc1nn(C(Cc2ccc(NC(=O)C3CCC3)cc2)C(=O)Nc2ccc(C(=O)O)cc2)c(=O)cc1-c1cc(Cl)ccc1C(C)=O. The lowest BCUT2D eigenvalue weighted by molar-refractivity contribution is -0.122. The second-order valence-corrected chi connectivity index (χ2v) is 11.4. The molecule has 0 saturated heterocycles. The number of amides is 2. The summed E-state index contributed by atoms with van der Waals surface area (Å²) >= 11 is 6.22. The van der Waals surface area contributed by atoms with E-state index in [9.17, 15) is 29.1 Å². The smallest absolute Gasteiger partial charge is 0.335 e. The Morgan fingerprint density at radius 1 is 0.957 bits per heavy atom. The molecule has 1 unspecified atom stereocenters. The summed E-state index contributed by atoms with van der Waals surface area (Å²) < 4.78 is 6.54. The van der Waals surface area contributed by atoms with Crippen molar-refractivity contribution in [2.45, 2.75) is 38.6 Å². The molecule has 3 N–H and O–H groups in total. The fourth-order valence-electron chi connectivity index (χ4n) is 5.14. The molecule has 46 heavy (non-hydrogen) atoms. The predicted octanol–water partition coefficient (Wildman–Crippen LogP) is 5.63. The number of carbonyl (C=O) groups excluding carboxylic acids is 3. The molecule has 1 atom stereocenters. The lowest BCUT2D eigenvalue weighted by Gasteiger charge is -2.24. The molecule has 11 nitrogen and oxygen atoms in total. The molecule has 0 spiro atoms. The van der Waals surface area contributed by atoms with Crippen LogP contribution in [0.3, 0.4) is 0 Å². The molecule has 1 saturated carbocycles. The molecule has 1 aromatic heterocycles. The number of Topliss-reactive ketones (excluding diaryl/α,β-unsaturated/α-hetero) is 1. The molecule has 1 aliphatic rings. The summed E-state index contributed by atoms with van der Waals surface area (Å²) in [7, 11) is 1.36. The number of hydrogen-bond donors (Lipinski definition) is 3. The molecule has 2 amide bonds. The number of anilines is 2. The number of carbonyl (C=O) groups is 4. The average Bonchev–Trinajstić information content (AvgIpc) is 3.00. The number of ketones is 1. The van der Waals surface area contributed by atoms with Gasteiger partial charge in [-0.15, -0.1) is 5.10 Å². The zero-order chi connectivity index (χ0) is 33.0. The molecule has 3 aromatic carbocycles. The maximum Gasteiger partial charge on any atom is 0.335 e. The van der Waals surface area contributed by atoms with Crippen LogP contribution >= 0.6 is 11.6 Å². The van der Waals surface area contributed by atoms with Crippen molar-refractivity contribution in [2.75, 3.05) is 17.7 Å². The molecule has 5 rings (SSSR count). The van der Waals surface area contributed by atoms with E-state index < -0.39 is 23.5 Å². The molecule has 0 bridgehead atoms. The van der Waals surface area contributed by atoms with Gasteiger partial charge in [-0.1, -0.05) is 30.2 Å². The molecular formula is C34H31ClN4O7. The number of aromatic carboxylic acids is 1. The van der Waals surface area contributed by atoms with E-state index in [4.69, 9.17) is 16.3 Å². The summed E-state index contributed by atoms with van der Waals surface area (Å²) in [6.45, 7) is 1.39. The van der Waals surface area contributed by atoms with E-state index in [0.29, 0.717) is 33.1 Å². The van der Waals surface area contributed by atoms with Crippen LogP contribution in [0, 0.1) is 5.92 Å². The van der Waals surface area contributed by atoms with Crippen molar-refractivity contribution in [3.05, 3.63) is 105 Å². The summed E-state index contributed by atoms with van der Waals surface area (Å²) in [5, 5.41) is 19.6.